The molecule has 4 heteroatoms. The summed E-state index contributed by atoms with van der Waals surface area (Å²) in [6.45, 7) is 0. The average Bonchev–Trinajstić information content (AvgIpc) is 3.00. The van der Waals surface area contributed by atoms with Gasteiger partial charge in [0, 0.05) is 11.1 Å². The number of halogens is 1. The summed E-state index contributed by atoms with van der Waals surface area (Å²) in [7, 11) is 0. The smallest absolute Gasteiger partial charge is 0.208 e. The number of benzene rings is 6. The molecule has 1 aromatic heterocycles. The Hall–Kier alpha value is -4.86. The van der Waals surface area contributed by atoms with Crippen molar-refractivity contribution in [3.63, 3.8) is 0 Å². The molecule has 0 unspecified atom stereocenters. The molecule has 0 atom stereocenters. The average molecular weight is 520 g/mol. The molecule has 1 heterocycles. The third-order valence-corrected chi connectivity index (χ3v) is 7.27. The van der Waals surface area contributed by atoms with Crippen molar-refractivity contribution in [3.05, 3.63) is 139 Å². The molecular weight excluding hydrogens is 498 g/mol. The van der Waals surface area contributed by atoms with E-state index in [1.807, 2.05) is 30.3 Å². The molecule has 0 saturated carbocycles. The topological polar surface area (TPSA) is 38.7 Å². The number of nitrogens with zero attached hydrogens (tertiary/aromatic N) is 3. The number of rotatable bonds is 4. The van der Waals surface area contributed by atoms with E-state index < -0.39 is 0 Å². The van der Waals surface area contributed by atoms with E-state index in [-0.39, 0.29) is 5.28 Å². The lowest BCUT2D eigenvalue weighted by atomic mass is 9.94. The minimum atomic E-state index is 0.169. The summed E-state index contributed by atoms with van der Waals surface area (Å²) in [4.78, 5) is 14.1. The van der Waals surface area contributed by atoms with Crippen molar-refractivity contribution in [2.45, 2.75) is 0 Å². The van der Waals surface area contributed by atoms with Crippen LogP contribution in [-0.2, 0) is 0 Å². The SMILES string of the molecule is Clc1nc(-c2cccc3c(-c4ccccc4)cccc23)nc(-c2ccc(-c3ccccc3)c3ccccc23)n1. The van der Waals surface area contributed by atoms with Crippen molar-refractivity contribution in [2.75, 3.05) is 0 Å². The molecule has 7 aromatic rings. The van der Waals surface area contributed by atoms with E-state index in [1.165, 1.54) is 11.1 Å². The Morgan fingerprint density at radius 2 is 0.718 bits per heavy atom. The molecule has 0 amide bonds. The van der Waals surface area contributed by atoms with Gasteiger partial charge in [-0.05, 0) is 61.5 Å². The van der Waals surface area contributed by atoms with Crippen LogP contribution in [0, 0.1) is 0 Å². The fourth-order valence-corrected chi connectivity index (χ4v) is 5.49. The fraction of sp³-hybridized carbons (Fsp3) is 0. The van der Waals surface area contributed by atoms with Crippen LogP contribution in [-0.4, -0.2) is 15.0 Å². The Bertz CT molecular complexity index is 1870. The van der Waals surface area contributed by atoms with Crippen LogP contribution in [0.1, 0.15) is 0 Å². The maximum atomic E-state index is 6.54. The summed E-state index contributed by atoms with van der Waals surface area (Å²) < 4.78 is 0. The zero-order valence-corrected chi connectivity index (χ0v) is 21.7. The van der Waals surface area contributed by atoms with Gasteiger partial charge in [-0.2, -0.15) is 9.97 Å². The van der Waals surface area contributed by atoms with E-state index in [0.29, 0.717) is 11.6 Å². The first-order chi connectivity index (χ1) is 19.3. The highest BCUT2D eigenvalue weighted by atomic mass is 35.5. The number of aromatic nitrogens is 3. The summed E-state index contributed by atoms with van der Waals surface area (Å²) in [5.74, 6) is 1.11. The van der Waals surface area contributed by atoms with Crippen LogP contribution in [0.5, 0.6) is 0 Å². The minimum absolute atomic E-state index is 0.169. The Balaban J connectivity index is 1.41. The Morgan fingerprint density at radius 3 is 1.28 bits per heavy atom. The van der Waals surface area contributed by atoms with E-state index in [9.17, 15) is 0 Å². The van der Waals surface area contributed by atoms with Gasteiger partial charge in [-0.15, -0.1) is 0 Å². The minimum Gasteiger partial charge on any atom is -0.208 e. The normalized spacial score (nSPS) is 11.2. The molecule has 184 valence electrons. The maximum absolute atomic E-state index is 6.54. The monoisotopic (exact) mass is 519 g/mol. The van der Waals surface area contributed by atoms with Crippen LogP contribution in [0.25, 0.3) is 66.6 Å². The lowest BCUT2D eigenvalue weighted by Gasteiger charge is -2.13. The van der Waals surface area contributed by atoms with Gasteiger partial charge in [0.2, 0.25) is 5.28 Å². The van der Waals surface area contributed by atoms with Crippen LogP contribution in [0.15, 0.2) is 133 Å². The van der Waals surface area contributed by atoms with Gasteiger partial charge < -0.3 is 0 Å². The molecule has 39 heavy (non-hydrogen) atoms. The predicted octanol–water partition coefficient (Wildman–Crippen LogP) is 9.50. The summed E-state index contributed by atoms with van der Waals surface area (Å²) >= 11 is 6.54. The quantitative estimate of drug-likeness (QED) is 0.232. The van der Waals surface area contributed by atoms with Crippen molar-refractivity contribution < 1.29 is 0 Å². The van der Waals surface area contributed by atoms with Gasteiger partial charge >= 0.3 is 0 Å². The van der Waals surface area contributed by atoms with Gasteiger partial charge in [-0.1, -0.05) is 127 Å². The molecule has 0 aliphatic rings. The molecule has 0 spiro atoms. The number of fused-ring (bicyclic) bond motifs is 2. The number of hydrogen-bond acceptors (Lipinski definition) is 3. The van der Waals surface area contributed by atoms with Gasteiger partial charge in [0.25, 0.3) is 0 Å². The first-order valence-electron chi connectivity index (χ1n) is 12.8. The lowest BCUT2D eigenvalue weighted by molar-refractivity contribution is 1.07. The van der Waals surface area contributed by atoms with Crippen LogP contribution in [0.4, 0.5) is 0 Å². The van der Waals surface area contributed by atoms with Gasteiger partial charge in [0.15, 0.2) is 11.6 Å². The maximum Gasteiger partial charge on any atom is 0.226 e. The Kier molecular flexibility index (Phi) is 5.84. The van der Waals surface area contributed by atoms with E-state index in [1.54, 1.807) is 0 Å². The first kappa shape index (κ1) is 23.3. The molecule has 0 bridgehead atoms. The largest absolute Gasteiger partial charge is 0.226 e. The number of hydrogen-bond donors (Lipinski definition) is 0. The van der Waals surface area contributed by atoms with Crippen molar-refractivity contribution >= 4 is 33.1 Å². The molecule has 7 rings (SSSR count). The zero-order valence-electron chi connectivity index (χ0n) is 20.9. The van der Waals surface area contributed by atoms with Gasteiger partial charge in [-0.25, -0.2) is 4.98 Å². The Morgan fingerprint density at radius 1 is 0.333 bits per heavy atom. The second-order valence-corrected chi connectivity index (χ2v) is 9.73. The van der Waals surface area contributed by atoms with Crippen molar-refractivity contribution in [3.8, 4) is 45.0 Å². The van der Waals surface area contributed by atoms with Crippen LogP contribution in [0.2, 0.25) is 5.28 Å². The van der Waals surface area contributed by atoms with Crippen molar-refractivity contribution in [1.29, 1.82) is 0 Å². The molecule has 6 aromatic carbocycles. The van der Waals surface area contributed by atoms with Crippen LogP contribution < -0.4 is 0 Å². The highest BCUT2D eigenvalue weighted by molar-refractivity contribution is 6.28. The summed E-state index contributed by atoms with van der Waals surface area (Å²) in [6.07, 6.45) is 0. The summed E-state index contributed by atoms with van der Waals surface area (Å²) in [5.41, 5.74) is 6.50. The lowest BCUT2D eigenvalue weighted by Crippen LogP contribution is -1.99. The van der Waals surface area contributed by atoms with Gasteiger partial charge in [0.1, 0.15) is 0 Å². The van der Waals surface area contributed by atoms with E-state index in [0.717, 1.165) is 43.8 Å². The molecule has 0 N–H and O–H groups in total. The highest BCUT2D eigenvalue weighted by Crippen LogP contribution is 2.37. The third kappa shape index (κ3) is 4.23. The predicted molar refractivity (Wildman–Crippen MR) is 162 cm³/mol. The summed E-state index contributed by atoms with van der Waals surface area (Å²) in [5, 5.41) is 4.57. The summed E-state index contributed by atoms with van der Waals surface area (Å²) in [6, 6.07) is 45.9. The molecule has 0 fully saturated rings. The molecule has 0 aliphatic carbocycles. The van der Waals surface area contributed by atoms with E-state index >= 15 is 0 Å². The first-order valence-corrected chi connectivity index (χ1v) is 13.2. The van der Waals surface area contributed by atoms with Crippen molar-refractivity contribution in [2.24, 2.45) is 0 Å². The molecular formula is C35H22ClN3. The zero-order chi connectivity index (χ0) is 26.2. The molecule has 0 aliphatic heterocycles. The van der Waals surface area contributed by atoms with E-state index in [2.05, 4.69) is 113 Å². The second kappa shape index (κ2) is 9.79. The van der Waals surface area contributed by atoms with E-state index in [4.69, 9.17) is 16.6 Å². The highest BCUT2D eigenvalue weighted by Gasteiger charge is 2.16. The molecule has 3 nitrogen and oxygen atoms in total. The third-order valence-electron chi connectivity index (χ3n) is 7.11. The molecule has 0 saturated heterocycles. The standard InChI is InChI=1S/C35H22ClN3/c36-35-38-33(31-20-10-18-28-25(17-9-19-30(28)31)23-11-3-1-4-12-23)37-34(39-35)32-22-21-26(24-13-5-2-6-14-24)27-15-7-8-16-29(27)32/h1-22H. The fourth-order valence-electron chi connectivity index (χ4n) is 5.33. The molecule has 0 radical (unpaired) electrons. The van der Waals surface area contributed by atoms with Gasteiger partial charge in [-0.3, -0.25) is 0 Å². The van der Waals surface area contributed by atoms with Crippen molar-refractivity contribution in [1.82, 2.24) is 15.0 Å². The Labute approximate surface area is 231 Å². The van der Waals surface area contributed by atoms with Gasteiger partial charge in [0.05, 0.1) is 0 Å². The second-order valence-electron chi connectivity index (χ2n) is 9.40. The van der Waals surface area contributed by atoms with Crippen LogP contribution in [0.3, 0.4) is 0 Å². The van der Waals surface area contributed by atoms with Crippen LogP contribution >= 0.6 is 11.6 Å².